The number of likely N-dealkylation sites (N-methyl/N-ethyl adjacent to an activating group) is 1. The number of amidine groups is 1. The topological polar surface area (TPSA) is 94.1 Å². The molecule has 1 aromatic carbocycles. The minimum Gasteiger partial charge on any atom is -0.409 e. The molecular formula is C14H23FN4O2. The zero-order valence-corrected chi connectivity index (χ0v) is 12.6. The van der Waals surface area contributed by atoms with E-state index in [-0.39, 0.29) is 17.9 Å². The van der Waals surface area contributed by atoms with Crippen LogP contribution in [-0.2, 0) is 6.54 Å². The van der Waals surface area contributed by atoms with E-state index in [0.29, 0.717) is 18.7 Å². The molecule has 0 radical (unpaired) electrons. The van der Waals surface area contributed by atoms with Gasteiger partial charge in [0.05, 0.1) is 11.2 Å². The van der Waals surface area contributed by atoms with E-state index < -0.39 is 11.4 Å². The SMILES string of the molecule is CN(C)CC(C)(O)CNCc1cccc(/C(N)=N/O)c1F. The van der Waals surface area contributed by atoms with Crippen LogP contribution in [0.1, 0.15) is 18.1 Å². The number of hydrogen-bond acceptors (Lipinski definition) is 5. The fourth-order valence-electron chi connectivity index (χ4n) is 2.17. The molecule has 0 aliphatic heterocycles. The normalized spacial score (nSPS) is 15.2. The number of nitrogens with zero attached hydrogens (tertiary/aromatic N) is 2. The van der Waals surface area contributed by atoms with Gasteiger partial charge in [0.2, 0.25) is 0 Å². The predicted octanol–water partition coefficient (Wildman–Crippen LogP) is 0.322. The van der Waals surface area contributed by atoms with Crippen LogP contribution in [0.5, 0.6) is 0 Å². The van der Waals surface area contributed by atoms with Gasteiger partial charge in [-0.05, 0) is 27.1 Å². The highest BCUT2D eigenvalue weighted by Gasteiger charge is 2.21. The molecule has 0 saturated carbocycles. The smallest absolute Gasteiger partial charge is 0.173 e. The lowest BCUT2D eigenvalue weighted by molar-refractivity contribution is 0.0335. The number of aliphatic hydroxyl groups is 1. The van der Waals surface area contributed by atoms with Gasteiger partial charge < -0.3 is 26.3 Å². The van der Waals surface area contributed by atoms with Crippen molar-refractivity contribution in [2.75, 3.05) is 27.2 Å². The summed E-state index contributed by atoms with van der Waals surface area (Å²) in [6, 6.07) is 4.68. The lowest BCUT2D eigenvalue weighted by Gasteiger charge is -2.27. The van der Waals surface area contributed by atoms with Crippen molar-refractivity contribution in [3.05, 3.63) is 35.1 Å². The van der Waals surface area contributed by atoms with E-state index in [2.05, 4.69) is 10.5 Å². The summed E-state index contributed by atoms with van der Waals surface area (Å²) in [6.45, 7) is 2.76. The van der Waals surface area contributed by atoms with E-state index in [9.17, 15) is 9.50 Å². The molecule has 0 heterocycles. The lowest BCUT2D eigenvalue weighted by Crippen LogP contribution is -2.45. The van der Waals surface area contributed by atoms with Gasteiger partial charge in [0.15, 0.2) is 5.84 Å². The van der Waals surface area contributed by atoms with Gasteiger partial charge in [-0.1, -0.05) is 17.3 Å². The van der Waals surface area contributed by atoms with Crippen molar-refractivity contribution in [1.82, 2.24) is 10.2 Å². The van der Waals surface area contributed by atoms with E-state index in [1.807, 2.05) is 19.0 Å². The van der Waals surface area contributed by atoms with E-state index in [1.165, 1.54) is 6.07 Å². The van der Waals surface area contributed by atoms with Crippen molar-refractivity contribution in [2.45, 2.75) is 19.1 Å². The molecule has 5 N–H and O–H groups in total. The van der Waals surface area contributed by atoms with Crippen molar-refractivity contribution < 1.29 is 14.7 Å². The Morgan fingerprint density at radius 3 is 2.71 bits per heavy atom. The molecule has 1 rings (SSSR count). The summed E-state index contributed by atoms with van der Waals surface area (Å²) in [5.74, 6) is -0.804. The number of rotatable bonds is 7. The second-order valence-corrected chi connectivity index (χ2v) is 5.60. The summed E-state index contributed by atoms with van der Waals surface area (Å²) in [7, 11) is 3.74. The molecule has 0 spiro atoms. The molecule has 0 amide bonds. The van der Waals surface area contributed by atoms with Crippen LogP contribution in [0.25, 0.3) is 0 Å². The molecule has 6 nitrogen and oxygen atoms in total. The first-order valence-electron chi connectivity index (χ1n) is 6.60. The van der Waals surface area contributed by atoms with Gasteiger partial charge in [0.25, 0.3) is 0 Å². The Kier molecular flexibility index (Phi) is 6.07. The first kappa shape index (κ1) is 17.4. The lowest BCUT2D eigenvalue weighted by atomic mass is 10.1. The van der Waals surface area contributed by atoms with Crippen molar-refractivity contribution in [1.29, 1.82) is 0 Å². The van der Waals surface area contributed by atoms with Gasteiger partial charge in [-0.25, -0.2) is 4.39 Å². The van der Waals surface area contributed by atoms with Gasteiger partial charge in [0, 0.05) is 25.2 Å². The maximum atomic E-state index is 14.2. The second kappa shape index (κ2) is 7.35. The summed E-state index contributed by atoms with van der Waals surface area (Å²) < 4.78 is 14.2. The first-order valence-corrected chi connectivity index (χ1v) is 6.60. The Labute approximate surface area is 124 Å². The monoisotopic (exact) mass is 298 g/mol. The zero-order chi connectivity index (χ0) is 16.0. The summed E-state index contributed by atoms with van der Waals surface area (Å²) in [6.07, 6.45) is 0. The van der Waals surface area contributed by atoms with E-state index in [1.54, 1.807) is 19.1 Å². The summed E-state index contributed by atoms with van der Waals surface area (Å²) in [5, 5.41) is 24.6. The molecule has 0 aromatic heterocycles. The summed E-state index contributed by atoms with van der Waals surface area (Å²) in [5.41, 5.74) is 4.94. The minimum atomic E-state index is -0.914. The summed E-state index contributed by atoms with van der Waals surface area (Å²) in [4.78, 5) is 1.88. The number of oxime groups is 1. The van der Waals surface area contributed by atoms with Crippen molar-refractivity contribution >= 4 is 5.84 Å². The largest absolute Gasteiger partial charge is 0.409 e. The standard InChI is InChI=1S/C14H23FN4O2/c1-14(20,9-19(2)3)8-17-7-10-5-4-6-11(12(10)15)13(16)18-21/h4-6,17,20-21H,7-9H2,1-3H3,(H2,16,18). The fourth-order valence-corrected chi connectivity index (χ4v) is 2.17. The molecule has 1 atom stereocenters. The van der Waals surface area contributed by atoms with E-state index in [0.717, 1.165) is 0 Å². The Morgan fingerprint density at radius 1 is 1.48 bits per heavy atom. The number of halogens is 1. The molecule has 118 valence electrons. The highest BCUT2D eigenvalue weighted by Crippen LogP contribution is 2.13. The van der Waals surface area contributed by atoms with Gasteiger partial charge in [-0.2, -0.15) is 0 Å². The Balaban J connectivity index is 2.69. The third-order valence-electron chi connectivity index (χ3n) is 2.94. The molecule has 21 heavy (non-hydrogen) atoms. The van der Waals surface area contributed by atoms with Crippen LogP contribution in [0, 0.1) is 5.82 Å². The highest BCUT2D eigenvalue weighted by molar-refractivity contribution is 5.97. The molecule has 0 aliphatic carbocycles. The molecule has 0 aliphatic rings. The maximum absolute atomic E-state index is 14.2. The molecular weight excluding hydrogens is 275 g/mol. The van der Waals surface area contributed by atoms with Crippen molar-refractivity contribution in [3.8, 4) is 0 Å². The van der Waals surface area contributed by atoms with Crippen LogP contribution in [-0.4, -0.2) is 53.8 Å². The van der Waals surface area contributed by atoms with Crippen molar-refractivity contribution in [2.24, 2.45) is 10.9 Å². The quantitative estimate of drug-likeness (QED) is 0.252. The molecule has 0 bridgehead atoms. The third kappa shape index (κ3) is 5.30. The van der Waals surface area contributed by atoms with Crippen LogP contribution in [0.3, 0.4) is 0 Å². The first-order chi connectivity index (χ1) is 9.76. The van der Waals surface area contributed by atoms with Gasteiger partial charge >= 0.3 is 0 Å². The summed E-state index contributed by atoms with van der Waals surface area (Å²) >= 11 is 0. The average molecular weight is 298 g/mol. The maximum Gasteiger partial charge on any atom is 0.173 e. The van der Waals surface area contributed by atoms with E-state index in [4.69, 9.17) is 10.9 Å². The van der Waals surface area contributed by atoms with Crippen LogP contribution >= 0.6 is 0 Å². The average Bonchev–Trinajstić information content (AvgIpc) is 2.38. The number of hydrogen-bond donors (Lipinski definition) is 4. The zero-order valence-electron chi connectivity index (χ0n) is 12.6. The molecule has 0 saturated heterocycles. The van der Waals surface area contributed by atoms with Gasteiger partial charge in [0.1, 0.15) is 5.82 Å². The Morgan fingerprint density at radius 2 is 2.14 bits per heavy atom. The van der Waals surface area contributed by atoms with Crippen LogP contribution in [0.15, 0.2) is 23.4 Å². The molecule has 7 heteroatoms. The predicted molar refractivity (Wildman–Crippen MR) is 79.8 cm³/mol. The number of benzene rings is 1. The van der Waals surface area contributed by atoms with E-state index >= 15 is 0 Å². The van der Waals surface area contributed by atoms with Crippen LogP contribution < -0.4 is 11.1 Å². The molecule has 1 aromatic rings. The molecule has 0 fully saturated rings. The minimum absolute atomic E-state index is 0.0526. The van der Waals surface area contributed by atoms with Gasteiger partial charge in [-0.15, -0.1) is 0 Å². The third-order valence-corrected chi connectivity index (χ3v) is 2.94. The number of nitrogens with two attached hydrogens (primary N) is 1. The van der Waals surface area contributed by atoms with Gasteiger partial charge in [-0.3, -0.25) is 0 Å². The highest BCUT2D eigenvalue weighted by atomic mass is 19.1. The molecule has 1 unspecified atom stereocenters. The van der Waals surface area contributed by atoms with Crippen molar-refractivity contribution in [3.63, 3.8) is 0 Å². The van der Waals surface area contributed by atoms with Crippen LogP contribution in [0.4, 0.5) is 4.39 Å². The Hall–Kier alpha value is -1.70. The fraction of sp³-hybridized carbons (Fsp3) is 0.500. The number of nitrogens with one attached hydrogen (secondary N) is 1. The Bertz CT molecular complexity index is 504. The van der Waals surface area contributed by atoms with Crippen LogP contribution in [0.2, 0.25) is 0 Å². The second-order valence-electron chi connectivity index (χ2n) is 5.60.